The molecule has 0 aliphatic carbocycles. The van der Waals surface area contributed by atoms with Crippen LogP contribution >= 0.6 is 11.6 Å². The first-order valence-corrected chi connectivity index (χ1v) is 8.15. The average molecular weight is 326 g/mol. The molecule has 0 bridgehead atoms. The second kappa shape index (κ2) is 7.49. The molecule has 0 amide bonds. The standard InChI is InChI=1S/C20H20ClNO/c1-23-20-13-18(21)10-9-16(20)11-12-22-14-17-7-4-6-15-5-2-3-8-19(15)17/h2-10,13,22H,11-12,14H2,1H3. The first-order chi connectivity index (χ1) is 11.3. The summed E-state index contributed by atoms with van der Waals surface area (Å²) in [5.74, 6) is 0.851. The normalized spacial score (nSPS) is 10.9. The van der Waals surface area contributed by atoms with Gasteiger partial charge in [0.1, 0.15) is 5.75 Å². The van der Waals surface area contributed by atoms with Gasteiger partial charge in [-0.25, -0.2) is 0 Å². The van der Waals surface area contributed by atoms with Gasteiger partial charge < -0.3 is 10.1 Å². The molecule has 3 aromatic rings. The Hall–Kier alpha value is -2.03. The smallest absolute Gasteiger partial charge is 0.123 e. The molecule has 0 fully saturated rings. The van der Waals surface area contributed by atoms with Gasteiger partial charge in [-0.2, -0.15) is 0 Å². The highest BCUT2D eigenvalue weighted by molar-refractivity contribution is 6.30. The lowest BCUT2D eigenvalue weighted by Gasteiger charge is -2.11. The Labute approximate surface area is 142 Å². The van der Waals surface area contributed by atoms with E-state index in [1.165, 1.54) is 21.9 Å². The van der Waals surface area contributed by atoms with E-state index in [1.54, 1.807) is 7.11 Å². The molecule has 1 N–H and O–H groups in total. The topological polar surface area (TPSA) is 21.3 Å². The number of nitrogens with one attached hydrogen (secondary N) is 1. The molecule has 3 heteroatoms. The van der Waals surface area contributed by atoms with Gasteiger partial charge in [0.2, 0.25) is 0 Å². The summed E-state index contributed by atoms with van der Waals surface area (Å²) in [5, 5.41) is 6.82. The fourth-order valence-electron chi connectivity index (χ4n) is 2.82. The van der Waals surface area contributed by atoms with Crippen LogP contribution in [0.4, 0.5) is 0 Å². The monoisotopic (exact) mass is 325 g/mol. The van der Waals surface area contributed by atoms with Gasteiger partial charge in [-0.15, -0.1) is 0 Å². The molecule has 2 nitrogen and oxygen atoms in total. The highest BCUT2D eigenvalue weighted by atomic mass is 35.5. The zero-order valence-corrected chi connectivity index (χ0v) is 13.9. The molecule has 0 spiro atoms. The molecular formula is C20H20ClNO. The molecule has 0 radical (unpaired) electrons. The summed E-state index contributed by atoms with van der Waals surface area (Å²) in [7, 11) is 1.68. The summed E-state index contributed by atoms with van der Waals surface area (Å²) in [6.45, 7) is 1.75. The van der Waals surface area contributed by atoms with E-state index in [0.29, 0.717) is 5.02 Å². The predicted molar refractivity (Wildman–Crippen MR) is 97.4 cm³/mol. The molecule has 0 saturated carbocycles. The van der Waals surface area contributed by atoms with Crippen molar-refractivity contribution in [1.29, 1.82) is 0 Å². The number of hydrogen-bond donors (Lipinski definition) is 1. The van der Waals surface area contributed by atoms with Crippen molar-refractivity contribution in [3.63, 3.8) is 0 Å². The zero-order valence-electron chi connectivity index (χ0n) is 13.2. The molecule has 0 aromatic heterocycles. The summed E-state index contributed by atoms with van der Waals surface area (Å²) in [5.41, 5.74) is 2.49. The molecular weight excluding hydrogens is 306 g/mol. The Morgan fingerprint density at radius 3 is 2.65 bits per heavy atom. The van der Waals surface area contributed by atoms with E-state index in [-0.39, 0.29) is 0 Å². The Morgan fingerprint density at radius 1 is 0.957 bits per heavy atom. The number of ether oxygens (including phenoxy) is 1. The molecule has 23 heavy (non-hydrogen) atoms. The minimum absolute atomic E-state index is 0.703. The van der Waals surface area contributed by atoms with E-state index in [2.05, 4.69) is 47.8 Å². The van der Waals surface area contributed by atoms with Crippen molar-refractivity contribution in [2.45, 2.75) is 13.0 Å². The van der Waals surface area contributed by atoms with Crippen LogP contribution in [-0.2, 0) is 13.0 Å². The lowest BCUT2D eigenvalue weighted by Crippen LogP contribution is -2.17. The third kappa shape index (κ3) is 3.84. The Bertz CT molecular complexity index is 795. The number of hydrogen-bond acceptors (Lipinski definition) is 2. The van der Waals surface area contributed by atoms with Gasteiger partial charge in [0, 0.05) is 11.6 Å². The van der Waals surface area contributed by atoms with Crippen LogP contribution in [0.1, 0.15) is 11.1 Å². The molecule has 0 unspecified atom stereocenters. The van der Waals surface area contributed by atoms with E-state index < -0.39 is 0 Å². The van der Waals surface area contributed by atoms with Crippen LogP contribution in [0.3, 0.4) is 0 Å². The molecule has 0 aliphatic heterocycles. The van der Waals surface area contributed by atoms with Crippen LogP contribution in [0.5, 0.6) is 5.75 Å². The van der Waals surface area contributed by atoms with Gasteiger partial charge in [0.15, 0.2) is 0 Å². The first-order valence-electron chi connectivity index (χ1n) is 7.77. The maximum atomic E-state index is 6.00. The highest BCUT2D eigenvalue weighted by Gasteiger charge is 2.04. The van der Waals surface area contributed by atoms with Crippen molar-refractivity contribution in [3.8, 4) is 5.75 Å². The van der Waals surface area contributed by atoms with Crippen LogP contribution in [0, 0.1) is 0 Å². The largest absolute Gasteiger partial charge is 0.496 e. The minimum atomic E-state index is 0.703. The van der Waals surface area contributed by atoms with Crippen molar-refractivity contribution >= 4 is 22.4 Å². The Kier molecular flexibility index (Phi) is 5.16. The van der Waals surface area contributed by atoms with Crippen molar-refractivity contribution < 1.29 is 4.74 Å². The Morgan fingerprint density at radius 2 is 1.78 bits per heavy atom. The van der Waals surface area contributed by atoms with Gasteiger partial charge in [-0.05, 0) is 47.0 Å². The van der Waals surface area contributed by atoms with Crippen molar-refractivity contribution in [3.05, 3.63) is 76.8 Å². The quantitative estimate of drug-likeness (QED) is 0.655. The molecule has 0 aliphatic rings. The first kappa shape index (κ1) is 15.9. The fourth-order valence-corrected chi connectivity index (χ4v) is 2.98. The maximum absolute atomic E-state index is 6.00. The number of methoxy groups -OCH3 is 1. The molecule has 3 aromatic carbocycles. The number of benzene rings is 3. The number of halogens is 1. The molecule has 0 atom stereocenters. The van der Waals surface area contributed by atoms with Gasteiger partial charge in [-0.3, -0.25) is 0 Å². The van der Waals surface area contributed by atoms with Gasteiger partial charge >= 0.3 is 0 Å². The maximum Gasteiger partial charge on any atom is 0.123 e. The van der Waals surface area contributed by atoms with E-state index in [4.69, 9.17) is 16.3 Å². The van der Waals surface area contributed by atoms with E-state index in [1.807, 2.05) is 18.2 Å². The van der Waals surface area contributed by atoms with Crippen LogP contribution < -0.4 is 10.1 Å². The van der Waals surface area contributed by atoms with E-state index >= 15 is 0 Å². The van der Waals surface area contributed by atoms with Gasteiger partial charge in [0.25, 0.3) is 0 Å². The van der Waals surface area contributed by atoms with Crippen molar-refractivity contribution in [1.82, 2.24) is 5.32 Å². The van der Waals surface area contributed by atoms with Crippen molar-refractivity contribution in [2.24, 2.45) is 0 Å². The molecule has 118 valence electrons. The highest BCUT2D eigenvalue weighted by Crippen LogP contribution is 2.23. The van der Waals surface area contributed by atoms with Gasteiger partial charge in [-0.1, -0.05) is 60.1 Å². The average Bonchev–Trinajstić information content (AvgIpc) is 2.59. The van der Waals surface area contributed by atoms with Crippen molar-refractivity contribution in [2.75, 3.05) is 13.7 Å². The summed E-state index contributed by atoms with van der Waals surface area (Å²) < 4.78 is 5.39. The molecule has 0 saturated heterocycles. The van der Waals surface area contributed by atoms with E-state index in [0.717, 1.165) is 25.3 Å². The third-order valence-electron chi connectivity index (χ3n) is 4.02. The van der Waals surface area contributed by atoms with Crippen LogP contribution in [0.15, 0.2) is 60.7 Å². The third-order valence-corrected chi connectivity index (χ3v) is 4.25. The van der Waals surface area contributed by atoms with Crippen LogP contribution in [0.2, 0.25) is 5.02 Å². The summed E-state index contributed by atoms with van der Waals surface area (Å²) in [4.78, 5) is 0. The Balaban J connectivity index is 1.61. The van der Waals surface area contributed by atoms with E-state index in [9.17, 15) is 0 Å². The summed E-state index contributed by atoms with van der Waals surface area (Å²) >= 11 is 6.00. The number of rotatable bonds is 6. The molecule has 0 heterocycles. The van der Waals surface area contributed by atoms with Crippen LogP contribution in [-0.4, -0.2) is 13.7 Å². The zero-order chi connectivity index (χ0) is 16.1. The SMILES string of the molecule is COc1cc(Cl)ccc1CCNCc1cccc2ccccc12. The molecule has 3 rings (SSSR count). The predicted octanol–water partition coefficient (Wildman–Crippen LogP) is 4.83. The summed E-state index contributed by atoms with van der Waals surface area (Å²) in [6, 6.07) is 20.7. The second-order valence-corrected chi connectivity index (χ2v) is 5.96. The fraction of sp³-hybridized carbons (Fsp3) is 0.200. The van der Waals surface area contributed by atoms with Gasteiger partial charge in [0.05, 0.1) is 7.11 Å². The lowest BCUT2D eigenvalue weighted by molar-refractivity contribution is 0.409. The summed E-state index contributed by atoms with van der Waals surface area (Å²) in [6.07, 6.45) is 0.908. The second-order valence-electron chi connectivity index (χ2n) is 5.52. The lowest BCUT2D eigenvalue weighted by atomic mass is 10.0. The van der Waals surface area contributed by atoms with Crippen LogP contribution in [0.25, 0.3) is 10.8 Å². The number of fused-ring (bicyclic) bond motifs is 1. The minimum Gasteiger partial charge on any atom is -0.496 e.